The van der Waals surface area contributed by atoms with Crippen LogP contribution in [0.4, 0.5) is 0 Å². The van der Waals surface area contributed by atoms with Crippen LogP contribution in [-0.4, -0.2) is 54.6 Å². The molecule has 0 saturated carbocycles. The maximum atomic E-state index is 13.9. The van der Waals surface area contributed by atoms with E-state index in [4.69, 9.17) is 18.9 Å². The van der Waals surface area contributed by atoms with Crippen LogP contribution >= 0.6 is 0 Å². The number of nitrogens with zero attached hydrogens (tertiary/aromatic N) is 2. The Bertz CT molecular complexity index is 1520. The Balaban J connectivity index is 1.72. The molecule has 2 N–H and O–H groups in total. The van der Waals surface area contributed by atoms with Crippen molar-refractivity contribution in [1.29, 1.82) is 0 Å². The maximum Gasteiger partial charge on any atom is 0.273 e. The molecule has 9 nitrogen and oxygen atoms in total. The average molecular weight is 530 g/mol. The normalized spacial score (nSPS) is 14.4. The van der Waals surface area contributed by atoms with Crippen molar-refractivity contribution in [2.45, 2.75) is 26.4 Å². The first kappa shape index (κ1) is 26.0. The zero-order valence-electron chi connectivity index (χ0n) is 22.8. The Morgan fingerprint density at radius 2 is 1.59 bits per heavy atom. The van der Waals surface area contributed by atoms with E-state index in [-0.39, 0.29) is 11.7 Å². The highest BCUT2D eigenvalue weighted by Gasteiger charge is 2.43. The molecular weight excluding hydrogens is 498 g/mol. The van der Waals surface area contributed by atoms with E-state index in [2.05, 4.69) is 10.2 Å². The van der Waals surface area contributed by atoms with Gasteiger partial charge in [0, 0.05) is 17.7 Å². The quantitative estimate of drug-likeness (QED) is 0.324. The van der Waals surface area contributed by atoms with Gasteiger partial charge in [-0.05, 0) is 66.4 Å². The number of ether oxygens (including phenoxy) is 4. The third-order valence-electron chi connectivity index (χ3n) is 7.08. The van der Waals surface area contributed by atoms with Crippen molar-refractivity contribution in [3.8, 4) is 40.0 Å². The second kappa shape index (κ2) is 10.2. The van der Waals surface area contributed by atoms with Gasteiger partial charge in [0.1, 0.15) is 22.9 Å². The van der Waals surface area contributed by atoms with Crippen molar-refractivity contribution in [1.82, 2.24) is 15.1 Å². The Morgan fingerprint density at radius 1 is 0.923 bits per heavy atom. The van der Waals surface area contributed by atoms with Crippen LogP contribution in [0.15, 0.2) is 48.5 Å². The lowest BCUT2D eigenvalue weighted by molar-refractivity contribution is 0.0729. The van der Waals surface area contributed by atoms with Gasteiger partial charge in [-0.2, -0.15) is 5.10 Å². The third-order valence-corrected chi connectivity index (χ3v) is 7.08. The van der Waals surface area contributed by atoms with Crippen LogP contribution in [0.2, 0.25) is 0 Å². The first-order valence-electron chi connectivity index (χ1n) is 12.4. The molecule has 1 amide bonds. The van der Waals surface area contributed by atoms with E-state index in [0.717, 1.165) is 28.0 Å². The van der Waals surface area contributed by atoms with Gasteiger partial charge in [-0.25, -0.2) is 0 Å². The third kappa shape index (κ3) is 4.39. The number of methoxy groups -OCH3 is 4. The number of rotatable bonds is 8. The summed E-state index contributed by atoms with van der Waals surface area (Å²) in [5, 5.41) is 18.5. The van der Waals surface area contributed by atoms with E-state index in [0.29, 0.717) is 46.3 Å². The number of hydrogen-bond donors (Lipinski definition) is 2. The van der Waals surface area contributed by atoms with Gasteiger partial charge in [0.05, 0.1) is 34.5 Å². The van der Waals surface area contributed by atoms with Crippen LogP contribution in [0.3, 0.4) is 0 Å². The molecule has 1 unspecified atom stereocenters. The molecular formula is C30H31N3O6. The topological polar surface area (TPSA) is 106 Å². The number of H-pyrrole nitrogens is 1. The fourth-order valence-corrected chi connectivity index (χ4v) is 5.24. The highest BCUT2D eigenvalue weighted by atomic mass is 16.5. The van der Waals surface area contributed by atoms with E-state index >= 15 is 0 Å². The van der Waals surface area contributed by atoms with Crippen molar-refractivity contribution >= 4 is 5.91 Å². The molecule has 5 rings (SSSR count). The zero-order valence-corrected chi connectivity index (χ0v) is 22.8. The van der Waals surface area contributed by atoms with Gasteiger partial charge in [-0.15, -0.1) is 0 Å². The molecule has 0 bridgehead atoms. The number of hydrogen-bond acceptors (Lipinski definition) is 7. The number of fused-ring (bicyclic) bond motifs is 1. The van der Waals surface area contributed by atoms with Gasteiger partial charge in [0.25, 0.3) is 5.91 Å². The standard InChI is InChI=1S/C30H31N3O6/c1-16-11-17(2)28(34)21(12-16)25-24-26(32-31-25)30(35)33(15-18-7-9-20(36-3)10-8-18)27(24)19-13-22(37-4)29(39-6)23(14-19)38-5/h7-14,27,34H,15H2,1-6H3,(H,31,32). The molecule has 0 radical (unpaired) electrons. The zero-order chi connectivity index (χ0) is 27.8. The van der Waals surface area contributed by atoms with Crippen LogP contribution in [0.5, 0.6) is 28.7 Å². The average Bonchev–Trinajstić information content (AvgIpc) is 3.48. The molecule has 1 atom stereocenters. The Kier molecular flexibility index (Phi) is 6.82. The van der Waals surface area contributed by atoms with Crippen molar-refractivity contribution in [3.63, 3.8) is 0 Å². The molecule has 0 fully saturated rings. The summed E-state index contributed by atoms with van der Waals surface area (Å²) in [6, 6.07) is 14.5. The number of aryl methyl sites for hydroxylation is 2. The van der Waals surface area contributed by atoms with E-state index in [9.17, 15) is 9.90 Å². The number of aromatic amines is 1. The summed E-state index contributed by atoms with van der Waals surface area (Å²) >= 11 is 0. The number of aromatic nitrogens is 2. The van der Waals surface area contributed by atoms with E-state index in [1.807, 2.05) is 62.4 Å². The number of nitrogens with one attached hydrogen (secondary N) is 1. The molecule has 1 aliphatic rings. The number of amides is 1. The Labute approximate surface area is 226 Å². The predicted molar refractivity (Wildman–Crippen MR) is 146 cm³/mol. The van der Waals surface area contributed by atoms with Crippen molar-refractivity contribution in [2.75, 3.05) is 28.4 Å². The molecule has 1 aliphatic heterocycles. The summed E-state index contributed by atoms with van der Waals surface area (Å²) in [7, 11) is 6.27. The smallest absolute Gasteiger partial charge is 0.273 e. The monoisotopic (exact) mass is 529 g/mol. The lowest BCUT2D eigenvalue weighted by Crippen LogP contribution is -2.29. The number of phenolic OH excluding ortho intramolecular Hbond substituents is 1. The van der Waals surface area contributed by atoms with Crippen molar-refractivity contribution in [2.24, 2.45) is 0 Å². The summed E-state index contributed by atoms with van der Waals surface area (Å²) in [6.07, 6.45) is 0. The molecule has 1 aromatic heterocycles. The summed E-state index contributed by atoms with van der Waals surface area (Å²) in [5.74, 6) is 2.04. The van der Waals surface area contributed by atoms with Gasteiger partial charge >= 0.3 is 0 Å². The molecule has 3 aromatic carbocycles. The van der Waals surface area contributed by atoms with Gasteiger partial charge in [0.15, 0.2) is 11.5 Å². The fourth-order valence-electron chi connectivity index (χ4n) is 5.24. The second-order valence-electron chi connectivity index (χ2n) is 9.48. The minimum atomic E-state index is -0.558. The van der Waals surface area contributed by atoms with Crippen LogP contribution in [0.1, 0.15) is 44.3 Å². The lowest BCUT2D eigenvalue weighted by atomic mass is 9.93. The number of carbonyl (C=O) groups is 1. The minimum absolute atomic E-state index is 0.125. The minimum Gasteiger partial charge on any atom is -0.507 e. The van der Waals surface area contributed by atoms with Gasteiger partial charge in [-0.3, -0.25) is 9.89 Å². The fraction of sp³-hybridized carbons (Fsp3) is 0.267. The molecule has 4 aromatic rings. The first-order valence-corrected chi connectivity index (χ1v) is 12.4. The molecule has 0 aliphatic carbocycles. The van der Waals surface area contributed by atoms with Gasteiger partial charge in [0.2, 0.25) is 5.75 Å². The van der Waals surface area contributed by atoms with Crippen LogP contribution in [-0.2, 0) is 6.54 Å². The summed E-state index contributed by atoms with van der Waals surface area (Å²) in [6.45, 7) is 4.13. The first-order chi connectivity index (χ1) is 18.8. The van der Waals surface area contributed by atoms with E-state index in [1.165, 1.54) is 0 Å². The van der Waals surface area contributed by atoms with Gasteiger partial charge in [-0.1, -0.05) is 18.2 Å². The highest BCUT2D eigenvalue weighted by molar-refractivity contribution is 6.00. The summed E-state index contributed by atoms with van der Waals surface area (Å²) in [4.78, 5) is 15.7. The highest BCUT2D eigenvalue weighted by Crippen LogP contribution is 2.49. The van der Waals surface area contributed by atoms with Crippen molar-refractivity contribution in [3.05, 3.63) is 82.0 Å². The number of phenols is 1. The lowest BCUT2D eigenvalue weighted by Gasteiger charge is -2.28. The largest absolute Gasteiger partial charge is 0.507 e. The predicted octanol–water partition coefficient (Wildman–Crippen LogP) is 5.18. The number of carbonyl (C=O) groups excluding carboxylic acids is 1. The Morgan fingerprint density at radius 3 is 2.18 bits per heavy atom. The number of aromatic hydroxyl groups is 1. The molecule has 202 valence electrons. The summed E-state index contributed by atoms with van der Waals surface area (Å²) < 4.78 is 22.1. The van der Waals surface area contributed by atoms with E-state index < -0.39 is 6.04 Å². The van der Waals surface area contributed by atoms with Crippen LogP contribution < -0.4 is 18.9 Å². The molecule has 39 heavy (non-hydrogen) atoms. The maximum absolute atomic E-state index is 13.9. The Hall–Kier alpha value is -4.66. The molecule has 2 heterocycles. The molecule has 9 heteroatoms. The number of benzene rings is 3. The van der Waals surface area contributed by atoms with Crippen LogP contribution in [0, 0.1) is 13.8 Å². The SMILES string of the molecule is COc1ccc(CN2C(=O)c3[nH]nc(-c4cc(C)cc(C)c4O)c3C2c2cc(OC)c(OC)c(OC)c2)cc1. The van der Waals surface area contributed by atoms with E-state index in [1.54, 1.807) is 33.3 Å². The second-order valence-corrected chi connectivity index (χ2v) is 9.48. The van der Waals surface area contributed by atoms with Gasteiger partial charge < -0.3 is 29.0 Å². The molecule has 0 spiro atoms. The summed E-state index contributed by atoms with van der Waals surface area (Å²) in [5.41, 5.74) is 5.48. The van der Waals surface area contributed by atoms with Crippen LogP contribution in [0.25, 0.3) is 11.3 Å². The molecule has 0 saturated heterocycles. The van der Waals surface area contributed by atoms with Crippen molar-refractivity contribution < 1.29 is 28.8 Å².